The third-order valence-corrected chi connectivity index (χ3v) is 12.2. The van der Waals surface area contributed by atoms with Crippen LogP contribution in [0.2, 0.25) is 0 Å². The Kier molecular flexibility index (Phi) is 7.24. The monoisotopic (exact) mass is 545 g/mol. The molecule has 0 aliphatic heterocycles. The van der Waals surface area contributed by atoms with Crippen LogP contribution in [-0.4, -0.2) is 44.7 Å². The molecule has 2 N–H and O–H groups in total. The third kappa shape index (κ3) is 4.65. The van der Waals surface area contributed by atoms with Crippen molar-refractivity contribution < 1.29 is 9.84 Å². The topological polar surface area (TPSA) is 96.0 Å². The number of hydrogen-bond donors (Lipinski definition) is 2. The Morgan fingerprint density at radius 3 is 2.65 bits per heavy atom. The Morgan fingerprint density at radius 2 is 1.93 bits per heavy atom. The van der Waals surface area contributed by atoms with E-state index in [-0.39, 0.29) is 0 Å². The number of aliphatic hydroxyl groups is 1. The summed E-state index contributed by atoms with van der Waals surface area (Å²) in [7, 11) is 0. The average Bonchev–Trinajstić information content (AvgIpc) is 3.57. The lowest BCUT2D eigenvalue weighted by molar-refractivity contribution is -0.165. The number of hydrogen-bond acceptors (Lipinski definition) is 6. The van der Waals surface area contributed by atoms with Crippen LogP contribution >= 0.6 is 0 Å². The van der Waals surface area contributed by atoms with Gasteiger partial charge in [-0.25, -0.2) is 9.67 Å². The summed E-state index contributed by atoms with van der Waals surface area (Å²) >= 11 is 0. The van der Waals surface area contributed by atoms with Crippen molar-refractivity contribution in [1.29, 1.82) is 5.26 Å². The number of fused-ring (bicyclic) bond motifs is 5. The van der Waals surface area contributed by atoms with Gasteiger partial charge in [0.1, 0.15) is 11.9 Å². The van der Waals surface area contributed by atoms with E-state index in [2.05, 4.69) is 37.3 Å². The Hall–Kier alpha value is -2.43. The van der Waals surface area contributed by atoms with Gasteiger partial charge < -0.3 is 15.2 Å². The number of nitriles is 1. The van der Waals surface area contributed by atoms with E-state index in [9.17, 15) is 5.11 Å². The van der Waals surface area contributed by atoms with Gasteiger partial charge in [0.25, 0.3) is 0 Å². The first kappa shape index (κ1) is 27.7. The van der Waals surface area contributed by atoms with Gasteiger partial charge in [0.05, 0.1) is 24.1 Å². The molecule has 2 heterocycles. The molecule has 1 unspecified atom stereocenters. The number of anilines is 1. The van der Waals surface area contributed by atoms with Crippen LogP contribution in [-0.2, 0) is 4.74 Å². The van der Waals surface area contributed by atoms with Crippen LogP contribution in [0, 0.1) is 51.8 Å². The summed E-state index contributed by atoms with van der Waals surface area (Å²) in [5.74, 6) is 4.57. The lowest BCUT2D eigenvalue weighted by Crippen LogP contribution is -2.57. The van der Waals surface area contributed by atoms with Crippen molar-refractivity contribution in [2.24, 2.45) is 40.4 Å². The van der Waals surface area contributed by atoms with Gasteiger partial charge in [0, 0.05) is 18.8 Å². The van der Waals surface area contributed by atoms with E-state index >= 15 is 0 Å². The van der Waals surface area contributed by atoms with Gasteiger partial charge in [-0.1, -0.05) is 13.8 Å². The van der Waals surface area contributed by atoms with E-state index < -0.39 is 5.60 Å². The normalized spacial score (nSPS) is 39.5. The lowest BCUT2D eigenvalue weighted by atomic mass is 9.43. The quantitative estimate of drug-likeness (QED) is 0.420. The van der Waals surface area contributed by atoms with Crippen LogP contribution < -0.4 is 5.32 Å². The lowest BCUT2D eigenvalue weighted by Gasteiger charge is -2.62. The molecule has 0 aromatic carbocycles. The minimum absolute atomic E-state index is 0.356. The minimum atomic E-state index is -0.625. The van der Waals surface area contributed by atoms with Gasteiger partial charge >= 0.3 is 0 Å². The SMILES string of the molecule is CCOC[C@@]1(O)CC[C@@]2(C)[C@H](CC[C@H]3C4CC[C@H]([C@@H](C)Nc5ccc(-n6ccc(C#N)n6)cn5)[C@@]4(C)CC[C@@H]32)C1. The Morgan fingerprint density at radius 1 is 1.10 bits per heavy atom. The first-order chi connectivity index (χ1) is 19.2. The van der Waals surface area contributed by atoms with Crippen molar-refractivity contribution in [3.8, 4) is 11.8 Å². The third-order valence-electron chi connectivity index (χ3n) is 12.2. The predicted molar refractivity (Wildman–Crippen MR) is 156 cm³/mol. The second kappa shape index (κ2) is 10.4. The van der Waals surface area contributed by atoms with E-state index in [1.165, 1.54) is 38.5 Å². The molecule has 4 saturated carbocycles. The van der Waals surface area contributed by atoms with Gasteiger partial charge in [-0.15, -0.1) is 0 Å². The number of ether oxygens (including phenoxy) is 1. The Balaban J connectivity index is 1.12. The number of aromatic nitrogens is 3. The molecule has 4 aliphatic rings. The molecule has 0 bridgehead atoms. The summed E-state index contributed by atoms with van der Waals surface area (Å²) in [6, 6.07) is 8.19. The van der Waals surface area contributed by atoms with Gasteiger partial charge in [0.15, 0.2) is 5.69 Å². The van der Waals surface area contributed by atoms with Crippen molar-refractivity contribution in [3.05, 3.63) is 36.3 Å². The smallest absolute Gasteiger partial charge is 0.162 e. The zero-order valence-corrected chi connectivity index (χ0v) is 24.8. The molecular formula is C33H47N5O2. The first-order valence-corrected chi connectivity index (χ1v) is 15.7. The molecule has 0 amide bonds. The molecule has 9 atom stereocenters. The van der Waals surface area contributed by atoms with Crippen LogP contribution in [0.4, 0.5) is 5.82 Å². The first-order valence-electron chi connectivity index (χ1n) is 15.7. The summed E-state index contributed by atoms with van der Waals surface area (Å²) in [5.41, 5.74) is 1.36. The summed E-state index contributed by atoms with van der Waals surface area (Å²) in [4.78, 5) is 4.69. The highest BCUT2D eigenvalue weighted by atomic mass is 16.5. The Labute approximate surface area is 239 Å². The molecule has 40 heavy (non-hydrogen) atoms. The maximum absolute atomic E-state index is 11.3. The van der Waals surface area contributed by atoms with E-state index in [1.807, 2.05) is 25.3 Å². The summed E-state index contributed by atoms with van der Waals surface area (Å²) in [5, 5.41) is 28.4. The fourth-order valence-electron chi connectivity index (χ4n) is 10.1. The highest BCUT2D eigenvalue weighted by molar-refractivity contribution is 5.41. The molecule has 0 spiro atoms. The second-order valence-corrected chi connectivity index (χ2v) is 14.0. The van der Waals surface area contributed by atoms with Crippen LogP contribution in [0.25, 0.3) is 5.69 Å². The number of pyridine rings is 1. The highest BCUT2D eigenvalue weighted by Gasteiger charge is 2.61. The summed E-state index contributed by atoms with van der Waals surface area (Å²) in [6.07, 6.45) is 14.4. The maximum atomic E-state index is 11.3. The van der Waals surface area contributed by atoms with Crippen molar-refractivity contribution in [3.63, 3.8) is 0 Å². The molecular weight excluding hydrogens is 498 g/mol. The molecule has 2 aromatic rings. The summed E-state index contributed by atoms with van der Waals surface area (Å²) < 4.78 is 7.39. The summed E-state index contributed by atoms with van der Waals surface area (Å²) in [6.45, 7) is 10.7. The largest absolute Gasteiger partial charge is 0.387 e. The fraction of sp³-hybridized carbons (Fsp3) is 0.727. The van der Waals surface area contributed by atoms with Crippen molar-refractivity contribution in [2.45, 2.75) is 97.1 Å². The van der Waals surface area contributed by atoms with Gasteiger partial charge in [0.2, 0.25) is 0 Å². The minimum Gasteiger partial charge on any atom is -0.387 e. The van der Waals surface area contributed by atoms with E-state index in [0.29, 0.717) is 47.6 Å². The highest BCUT2D eigenvalue weighted by Crippen LogP contribution is 2.68. The number of rotatable bonds is 7. The molecule has 7 heteroatoms. The maximum Gasteiger partial charge on any atom is 0.162 e. The zero-order chi connectivity index (χ0) is 28.1. The van der Waals surface area contributed by atoms with E-state index in [4.69, 9.17) is 15.0 Å². The Bertz CT molecular complexity index is 1240. The van der Waals surface area contributed by atoms with Crippen molar-refractivity contribution in [2.75, 3.05) is 18.5 Å². The number of nitrogens with one attached hydrogen (secondary N) is 1. The van der Waals surface area contributed by atoms with E-state index in [0.717, 1.165) is 48.5 Å². The van der Waals surface area contributed by atoms with Gasteiger partial charge in [-0.3, -0.25) is 0 Å². The van der Waals surface area contributed by atoms with Crippen molar-refractivity contribution >= 4 is 5.82 Å². The standard InChI is InChI=1S/C33H47N5O2/c1-5-40-21-33(39)16-15-31(3)23(18-33)6-8-26-28-10-9-27(32(28,4)14-12-29(26)31)22(2)36-30-11-7-25(20-35-30)38-17-13-24(19-34)37-38/h7,11,13,17,20,22-23,26-29,39H,5-6,8-10,12,14-16,18,21H2,1-4H3,(H,35,36)/t22-,23-,26+,27-,28?,29+,31+,32-,33-/m1/s1. The molecule has 7 nitrogen and oxygen atoms in total. The van der Waals surface area contributed by atoms with E-state index in [1.54, 1.807) is 16.9 Å². The average molecular weight is 546 g/mol. The second-order valence-electron chi connectivity index (χ2n) is 14.0. The fourth-order valence-corrected chi connectivity index (χ4v) is 10.1. The van der Waals surface area contributed by atoms with Crippen LogP contribution in [0.3, 0.4) is 0 Å². The number of nitrogens with zero attached hydrogens (tertiary/aromatic N) is 4. The molecule has 4 aliphatic carbocycles. The molecule has 216 valence electrons. The van der Waals surface area contributed by atoms with Crippen LogP contribution in [0.5, 0.6) is 0 Å². The molecule has 0 radical (unpaired) electrons. The zero-order valence-electron chi connectivity index (χ0n) is 24.8. The van der Waals surface area contributed by atoms with Crippen LogP contribution in [0.15, 0.2) is 30.6 Å². The van der Waals surface area contributed by atoms with Gasteiger partial charge in [-0.2, -0.15) is 10.4 Å². The van der Waals surface area contributed by atoms with Gasteiger partial charge in [-0.05, 0) is 130 Å². The molecule has 2 aromatic heterocycles. The molecule has 0 saturated heterocycles. The molecule has 4 fully saturated rings. The van der Waals surface area contributed by atoms with Crippen molar-refractivity contribution in [1.82, 2.24) is 14.8 Å². The van der Waals surface area contributed by atoms with Crippen LogP contribution in [0.1, 0.15) is 91.2 Å². The molecule has 6 rings (SSSR count). The predicted octanol–water partition coefficient (Wildman–Crippen LogP) is 6.37.